The van der Waals surface area contributed by atoms with Crippen LogP contribution in [0.25, 0.3) is 10.9 Å². The van der Waals surface area contributed by atoms with E-state index in [0.29, 0.717) is 31.3 Å². The van der Waals surface area contributed by atoms with Gasteiger partial charge in [-0.25, -0.2) is 9.37 Å². The van der Waals surface area contributed by atoms with Crippen molar-refractivity contribution in [3.63, 3.8) is 0 Å². The molecule has 5 rings (SSSR count). The number of amides is 1. The number of nitriles is 1. The molecule has 0 radical (unpaired) electrons. The predicted molar refractivity (Wildman–Crippen MR) is 159 cm³/mol. The number of hydrogen-bond donors (Lipinski definition) is 1. The van der Waals surface area contributed by atoms with Crippen LogP contribution < -0.4 is 15.0 Å². The fraction of sp³-hybridized carbons (Fsp3) is 0.448. The largest absolute Gasteiger partial charge is 0.471 e. The summed E-state index contributed by atoms with van der Waals surface area (Å²) in [6.45, 7) is 2.07. The molecule has 2 aliphatic rings. The van der Waals surface area contributed by atoms with E-state index in [2.05, 4.69) is 9.71 Å². The summed E-state index contributed by atoms with van der Waals surface area (Å²) >= 11 is 0. The molecule has 246 valence electrons. The highest BCUT2D eigenvalue weighted by Crippen LogP contribution is 2.42. The molecule has 3 heterocycles. The number of anilines is 1. The molecule has 1 aromatic heterocycles. The smallest absolute Gasteiger partial charge is 0.453 e. The molecule has 2 aromatic carbocycles. The molecular weight excluding hydrogens is 634 g/mol. The highest BCUT2D eigenvalue weighted by Gasteiger charge is 2.50. The van der Waals surface area contributed by atoms with Gasteiger partial charge in [0, 0.05) is 38.8 Å². The van der Waals surface area contributed by atoms with E-state index < -0.39 is 50.5 Å². The van der Waals surface area contributed by atoms with Crippen molar-refractivity contribution >= 4 is 32.7 Å². The molecule has 17 heteroatoms. The number of nitrogens with zero attached hydrogens (tertiary/aromatic N) is 6. The summed E-state index contributed by atoms with van der Waals surface area (Å²) in [5, 5.41) is 9.92. The number of aromatic nitrogens is 2. The number of ether oxygens (including phenoxy) is 1. The maximum absolute atomic E-state index is 14.9. The average Bonchev–Trinajstić information content (AvgIpc) is 3.32. The second-order valence-corrected chi connectivity index (χ2v) is 13.2. The van der Waals surface area contributed by atoms with Gasteiger partial charge >= 0.3 is 22.3 Å². The minimum absolute atomic E-state index is 0.00746. The summed E-state index contributed by atoms with van der Waals surface area (Å²) < 4.78 is 89.3. The second-order valence-electron chi connectivity index (χ2n) is 11.4. The Balaban J connectivity index is 1.41. The summed E-state index contributed by atoms with van der Waals surface area (Å²) in [6.07, 6.45) is -2.46. The van der Waals surface area contributed by atoms with E-state index in [1.807, 2.05) is 11.9 Å². The van der Waals surface area contributed by atoms with Crippen molar-refractivity contribution in [1.29, 1.82) is 5.26 Å². The topological polar surface area (TPSA) is 141 Å². The maximum atomic E-state index is 14.9. The fourth-order valence-electron chi connectivity index (χ4n) is 6.04. The number of halogens is 4. The molecule has 0 aliphatic carbocycles. The number of likely N-dealkylation sites (tertiary alicyclic amines) is 2. The third-order valence-corrected chi connectivity index (χ3v) is 10.4. The quantitative estimate of drug-likeness (QED) is 0.378. The van der Waals surface area contributed by atoms with Crippen molar-refractivity contribution in [2.45, 2.75) is 43.9 Å². The van der Waals surface area contributed by atoms with Crippen LogP contribution in [-0.2, 0) is 15.0 Å². The highest BCUT2D eigenvalue weighted by molar-refractivity contribution is 7.90. The Kier molecular flexibility index (Phi) is 8.75. The Morgan fingerprint density at radius 3 is 2.57 bits per heavy atom. The molecule has 2 saturated heterocycles. The average molecular weight is 666 g/mol. The van der Waals surface area contributed by atoms with Crippen LogP contribution in [0.1, 0.15) is 37.8 Å². The lowest BCUT2D eigenvalue weighted by Gasteiger charge is -2.43. The van der Waals surface area contributed by atoms with Crippen LogP contribution in [0, 0.1) is 17.1 Å². The highest BCUT2D eigenvalue weighted by atomic mass is 32.2. The van der Waals surface area contributed by atoms with Crippen LogP contribution in [0.3, 0.4) is 0 Å². The van der Waals surface area contributed by atoms with Crippen molar-refractivity contribution < 1.29 is 35.5 Å². The van der Waals surface area contributed by atoms with Gasteiger partial charge in [0.25, 0.3) is 5.56 Å². The number of benzene rings is 2. The molecular formula is C29H31F4N7O5S. The molecule has 2 fully saturated rings. The van der Waals surface area contributed by atoms with Gasteiger partial charge in [0.05, 0.1) is 29.0 Å². The van der Waals surface area contributed by atoms with E-state index in [9.17, 15) is 40.8 Å². The normalized spacial score (nSPS) is 18.7. The molecule has 2 aliphatic heterocycles. The van der Waals surface area contributed by atoms with Gasteiger partial charge in [0.1, 0.15) is 17.4 Å². The summed E-state index contributed by atoms with van der Waals surface area (Å²) in [7, 11) is -0.870. The number of likely N-dealkylation sites (N-methyl/N-ethyl adjacent to an activating group) is 1. The van der Waals surface area contributed by atoms with Gasteiger partial charge in [-0.05, 0) is 56.6 Å². The zero-order chi connectivity index (χ0) is 33.6. The summed E-state index contributed by atoms with van der Waals surface area (Å²) in [4.78, 5) is 32.6. The number of hydrogen-bond acceptors (Lipinski definition) is 8. The Labute approximate surface area is 261 Å². The second kappa shape index (κ2) is 12.2. The van der Waals surface area contributed by atoms with E-state index >= 15 is 0 Å². The van der Waals surface area contributed by atoms with Crippen LogP contribution in [0.5, 0.6) is 11.5 Å². The number of fused-ring (bicyclic) bond motifs is 1. The van der Waals surface area contributed by atoms with E-state index in [1.54, 1.807) is 13.0 Å². The number of carbonyl (C=O) groups excluding carboxylic acids is 1. The van der Waals surface area contributed by atoms with Crippen LogP contribution in [0.15, 0.2) is 41.5 Å². The fourth-order valence-corrected chi connectivity index (χ4v) is 6.99. The zero-order valence-corrected chi connectivity index (χ0v) is 26.0. The van der Waals surface area contributed by atoms with Gasteiger partial charge in [-0.1, -0.05) is 6.92 Å². The lowest BCUT2D eigenvalue weighted by atomic mass is 9.84. The first-order valence-corrected chi connectivity index (χ1v) is 15.8. The lowest BCUT2D eigenvalue weighted by Crippen LogP contribution is -2.54. The van der Waals surface area contributed by atoms with E-state index in [-0.39, 0.29) is 42.5 Å². The number of alkyl halides is 3. The van der Waals surface area contributed by atoms with Gasteiger partial charge < -0.3 is 9.64 Å². The predicted octanol–water partition coefficient (Wildman–Crippen LogP) is 3.61. The Bertz CT molecular complexity index is 1890. The van der Waals surface area contributed by atoms with Crippen molar-refractivity contribution in [3.05, 3.63) is 58.4 Å². The minimum atomic E-state index is -4.94. The molecule has 12 nitrogen and oxygen atoms in total. The molecule has 0 unspecified atom stereocenters. The monoisotopic (exact) mass is 665 g/mol. The van der Waals surface area contributed by atoms with Gasteiger partial charge in [-0.15, -0.1) is 0 Å². The zero-order valence-electron chi connectivity index (χ0n) is 25.1. The number of piperidine rings is 1. The van der Waals surface area contributed by atoms with Crippen molar-refractivity contribution in [2.75, 3.05) is 45.0 Å². The van der Waals surface area contributed by atoms with E-state index in [0.717, 1.165) is 21.3 Å². The first-order valence-electron chi connectivity index (χ1n) is 14.3. The molecule has 0 saturated carbocycles. The first-order chi connectivity index (χ1) is 21.6. The van der Waals surface area contributed by atoms with E-state index in [1.165, 1.54) is 36.1 Å². The van der Waals surface area contributed by atoms with Crippen LogP contribution >= 0.6 is 0 Å². The van der Waals surface area contributed by atoms with E-state index in [4.69, 9.17) is 4.74 Å². The third kappa shape index (κ3) is 6.11. The van der Waals surface area contributed by atoms with Crippen molar-refractivity contribution in [2.24, 2.45) is 0 Å². The van der Waals surface area contributed by atoms with Crippen molar-refractivity contribution in [1.82, 2.24) is 23.7 Å². The molecule has 1 spiro atoms. The third-order valence-electron chi connectivity index (χ3n) is 8.82. The Morgan fingerprint density at radius 2 is 1.93 bits per heavy atom. The van der Waals surface area contributed by atoms with Crippen LogP contribution in [-0.4, -0.2) is 90.0 Å². The standard InChI is InChI=1S/C29H31F4N7O5S/c1-4-38(3)46(43,44)36-24-8-6-22(30)25(21(24)15-34)45-19-5-7-23-20(13-19)26(41)40(17-35-23)18-14-28(37(2)16-18)9-11-39(12-10-28)27(42)29(31,32)33/h5-8,13,17-18,36H,4,9-12,14,16H2,1-3H3/t18-/m1/s1. The first kappa shape index (κ1) is 33.1. The van der Waals surface area contributed by atoms with Gasteiger partial charge in [0.15, 0.2) is 11.6 Å². The molecule has 0 bridgehead atoms. The lowest BCUT2D eigenvalue weighted by molar-refractivity contribution is -0.187. The van der Waals surface area contributed by atoms with Gasteiger partial charge in [-0.2, -0.15) is 31.2 Å². The minimum Gasteiger partial charge on any atom is -0.453 e. The van der Waals surface area contributed by atoms with Crippen LogP contribution in [0.4, 0.5) is 23.2 Å². The number of rotatable bonds is 7. The molecule has 1 atom stereocenters. The summed E-state index contributed by atoms with van der Waals surface area (Å²) in [5.41, 5.74) is -1.22. The molecule has 1 N–H and O–H groups in total. The van der Waals surface area contributed by atoms with Gasteiger partial charge in [0.2, 0.25) is 0 Å². The summed E-state index contributed by atoms with van der Waals surface area (Å²) in [5.74, 6) is -3.34. The SMILES string of the molecule is CCN(C)S(=O)(=O)Nc1ccc(F)c(Oc2ccc3ncn([C@H]4CN(C)C5(CCN(C(=O)C(F)(F)F)CC5)C4)c(=O)c3c2)c1C#N. The molecule has 3 aromatic rings. The Hall–Kier alpha value is -4.27. The Morgan fingerprint density at radius 1 is 1.24 bits per heavy atom. The molecule has 1 amide bonds. The number of nitrogens with one attached hydrogen (secondary N) is 1. The van der Waals surface area contributed by atoms with Crippen LogP contribution in [0.2, 0.25) is 0 Å². The maximum Gasteiger partial charge on any atom is 0.471 e. The van der Waals surface area contributed by atoms with Gasteiger partial charge in [-0.3, -0.25) is 23.8 Å². The molecule has 46 heavy (non-hydrogen) atoms. The van der Waals surface area contributed by atoms with Crippen molar-refractivity contribution in [3.8, 4) is 17.6 Å². The number of carbonyl (C=O) groups is 1. The summed E-state index contributed by atoms with van der Waals surface area (Å²) in [6, 6.07) is 7.73.